The summed E-state index contributed by atoms with van der Waals surface area (Å²) in [5.74, 6) is 1.62. The molecule has 0 spiro atoms. The predicted molar refractivity (Wildman–Crippen MR) is 175 cm³/mol. The lowest BCUT2D eigenvalue weighted by Crippen LogP contribution is -2.37. The molecule has 1 aromatic rings. The summed E-state index contributed by atoms with van der Waals surface area (Å²) >= 11 is 0. The number of nitrogens with zero attached hydrogens (tertiary/aromatic N) is 2. The second-order valence-electron chi connectivity index (χ2n) is 12.7. The highest BCUT2D eigenvalue weighted by Gasteiger charge is 2.16. The summed E-state index contributed by atoms with van der Waals surface area (Å²) in [6.45, 7) is 9.40. The van der Waals surface area contributed by atoms with Gasteiger partial charge in [-0.15, -0.1) is 0 Å². The molecule has 0 aliphatic carbocycles. The molecule has 1 aromatic heterocycles. The third kappa shape index (κ3) is 21.6. The van der Waals surface area contributed by atoms with Crippen LogP contribution in [-0.2, 0) is 19.5 Å². The Labute approximate surface area is 247 Å². The molecule has 0 unspecified atom stereocenters. The third-order valence-electron chi connectivity index (χ3n) is 8.85. The first-order valence-corrected chi connectivity index (χ1v) is 18.4. The minimum Gasteiger partial charge on any atom is -0.234 e. The Hall–Kier alpha value is -0.790. The van der Waals surface area contributed by atoms with E-state index in [4.69, 9.17) is 0 Å². The smallest absolute Gasteiger partial charge is 0.234 e. The fraction of sp³-hybridized carbons (Fsp3) is 0.919. The summed E-state index contributed by atoms with van der Waals surface area (Å²) in [6.07, 6.45) is 45.9. The normalized spacial score (nSPS) is 11.6. The molecule has 0 aromatic carbocycles. The molecule has 1 heterocycles. The fourth-order valence-corrected chi connectivity index (χ4v) is 6.15. The van der Waals surface area contributed by atoms with Crippen molar-refractivity contribution in [2.75, 3.05) is 0 Å². The zero-order valence-corrected chi connectivity index (χ0v) is 27.5. The molecule has 0 atom stereocenters. The Morgan fingerprint density at radius 3 is 1.23 bits per heavy atom. The lowest BCUT2D eigenvalue weighted by Gasteiger charge is -2.07. The van der Waals surface area contributed by atoms with Crippen LogP contribution in [0, 0.1) is 0 Å². The SMILES string of the molecule is CCCCCCCCCCCCCCC[n+]1ccn(CCCCCCCCCC)c1CCCCCCCCC. The van der Waals surface area contributed by atoms with Gasteiger partial charge in [0.25, 0.3) is 5.82 Å². The van der Waals surface area contributed by atoms with Gasteiger partial charge in [-0.2, -0.15) is 0 Å². The van der Waals surface area contributed by atoms with Gasteiger partial charge in [-0.1, -0.05) is 168 Å². The van der Waals surface area contributed by atoms with Crippen molar-refractivity contribution in [3.63, 3.8) is 0 Å². The molecule has 0 bridgehead atoms. The van der Waals surface area contributed by atoms with E-state index in [-0.39, 0.29) is 0 Å². The maximum absolute atomic E-state index is 2.63. The molecule has 0 N–H and O–H groups in total. The van der Waals surface area contributed by atoms with Crippen molar-refractivity contribution in [3.05, 3.63) is 18.2 Å². The van der Waals surface area contributed by atoms with Crippen molar-refractivity contribution in [3.8, 4) is 0 Å². The molecule has 0 aliphatic heterocycles. The van der Waals surface area contributed by atoms with E-state index in [0.29, 0.717) is 0 Å². The molecule has 0 radical (unpaired) electrons. The average Bonchev–Trinajstić information content (AvgIpc) is 3.33. The molecule has 0 aliphatic rings. The Bertz CT molecular complexity index is 605. The molecule has 1 rings (SSSR count). The van der Waals surface area contributed by atoms with E-state index in [1.165, 1.54) is 199 Å². The molecule has 2 heteroatoms. The molecule has 0 saturated heterocycles. The monoisotopic (exact) mass is 546 g/mol. The van der Waals surface area contributed by atoms with Crippen molar-refractivity contribution in [1.82, 2.24) is 4.57 Å². The van der Waals surface area contributed by atoms with Gasteiger partial charge in [-0.3, -0.25) is 0 Å². The van der Waals surface area contributed by atoms with E-state index in [0.717, 1.165) is 0 Å². The molecular formula is C37H73N2+. The quantitative estimate of drug-likeness (QED) is 0.0648. The maximum Gasteiger partial charge on any atom is 0.256 e. The van der Waals surface area contributed by atoms with Gasteiger partial charge in [0.2, 0.25) is 0 Å². The summed E-state index contributed by atoms with van der Waals surface area (Å²) < 4.78 is 5.25. The Morgan fingerprint density at radius 2 is 0.795 bits per heavy atom. The van der Waals surface area contributed by atoms with E-state index >= 15 is 0 Å². The van der Waals surface area contributed by atoms with Crippen LogP contribution in [0.15, 0.2) is 12.4 Å². The largest absolute Gasteiger partial charge is 0.256 e. The Balaban J connectivity index is 2.28. The van der Waals surface area contributed by atoms with Crippen LogP contribution in [0.5, 0.6) is 0 Å². The van der Waals surface area contributed by atoms with Crippen molar-refractivity contribution in [2.45, 2.75) is 220 Å². The molecule has 2 nitrogen and oxygen atoms in total. The van der Waals surface area contributed by atoms with Crippen molar-refractivity contribution in [2.24, 2.45) is 0 Å². The van der Waals surface area contributed by atoms with Crippen LogP contribution in [0.3, 0.4) is 0 Å². The molecule has 0 fully saturated rings. The van der Waals surface area contributed by atoms with Crippen LogP contribution in [0.2, 0.25) is 0 Å². The average molecular weight is 546 g/mol. The highest BCUT2D eigenvalue weighted by Crippen LogP contribution is 2.14. The summed E-state index contributed by atoms with van der Waals surface area (Å²) in [4.78, 5) is 0. The molecule has 230 valence electrons. The summed E-state index contributed by atoms with van der Waals surface area (Å²) in [5.41, 5.74) is 0. The highest BCUT2D eigenvalue weighted by molar-refractivity contribution is 4.84. The van der Waals surface area contributed by atoms with Gasteiger partial charge in [0.15, 0.2) is 0 Å². The maximum atomic E-state index is 2.63. The van der Waals surface area contributed by atoms with Crippen LogP contribution in [-0.4, -0.2) is 4.57 Å². The minimum absolute atomic E-state index is 1.23. The second-order valence-corrected chi connectivity index (χ2v) is 12.7. The number of unbranched alkanes of at least 4 members (excludes halogenated alkanes) is 25. The van der Waals surface area contributed by atoms with Crippen molar-refractivity contribution >= 4 is 0 Å². The van der Waals surface area contributed by atoms with Crippen LogP contribution in [0.1, 0.15) is 206 Å². The van der Waals surface area contributed by atoms with Crippen LogP contribution >= 0.6 is 0 Å². The molecular weight excluding hydrogens is 472 g/mol. The van der Waals surface area contributed by atoms with Gasteiger partial charge in [0, 0.05) is 6.42 Å². The zero-order valence-electron chi connectivity index (χ0n) is 27.5. The minimum atomic E-state index is 1.23. The third-order valence-corrected chi connectivity index (χ3v) is 8.85. The first kappa shape index (κ1) is 36.2. The van der Waals surface area contributed by atoms with Crippen LogP contribution < -0.4 is 4.57 Å². The Kier molecular flexibility index (Phi) is 26.7. The number of rotatable bonds is 31. The van der Waals surface area contributed by atoms with Gasteiger partial charge in [-0.05, 0) is 32.1 Å². The first-order chi connectivity index (χ1) is 19.3. The lowest BCUT2D eigenvalue weighted by atomic mass is 10.0. The number of hydrogen-bond acceptors (Lipinski definition) is 0. The second kappa shape index (κ2) is 28.7. The summed E-state index contributed by atoms with van der Waals surface area (Å²) in [5, 5.41) is 0. The van der Waals surface area contributed by atoms with Gasteiger partial charge < -0.3 is 0 Å². The summed E-state index contributed by atoms with van der Waals surface area (Å²) in [7, 11) is 0. The molecule has 0 amide bonds. The van der Waals surface area contributed by atoms with Gasteiger partial charge in [-0.25, -0.2) is 9.13 Å². The topological polar surface area (TPSA) is 8.81 Å². The number of aromatic nitrogens is 2. The van der Waals surface area contributed by atoms with Gasteiger partial charge in [0.1, 0.15) is 12.4 Å². The van der Waals surface area contributed by atoms with Crippen LogP contribution in [0.25, 0.3) is 0 Å². The van der Waals surface area contributed by atoms with Gasteiger partial charge >= 0.3 is 0 Å². The van der Waals surface area contributed by atoms with Crippen LogP contribution in [0.4, 0.5) is 0 Å². The highest BCUT2D eigenvalue weighted by atomic mass is 15.1. The van der Waals surface area contributed by atoms with Crippen molar-refractivity contribution < 1.29 is 4.57 Å². The predicted octanol–water partition coefficient (Wildman–Crippen LogP) is 12.3. The van der Waals surface area contributed by atoms with Crippen molar-refractivity contribution in [1.29, 1.82) is 0 Å². The summed E-state index contributed by atoms with van der Waals surface area (Å²) in [6, 6.07) is 0. The molecule has 39 heavy (non-hydrogen) atoms. The van der Waals surface area contributed by atoms with E-state index in [2.05, 4.69) is 42.3 Å². The van der Waals surface area contributed by atoms with Gasteiger partial charge in [0.05, 0.1) is 13.1 Å². The van der Waals surface area contributed by atoms with E-state index in [1.807, 2.05) is 0 Å². The zero-order chi connectivity index (χ0) is 28.1. The number of aryl methyl sites for hydroxylation is 2. The number of imidazole rings is 1. The Morgan fingerprint density at radius 1 is 0.436 bits per heavy atom. The van der Waals surface area contributed by atoms with E-state index < -0.39 is 0 Å². The first-order valence-electron chi connectivity index (χ1n) is 18.4. The lowest BCUT2D eigenvalue weighted by molar-refractivity contribution is -0.704. The fourth-order valence-electron chi connectivity index (χ4n) is 6.15. The molecule has 0 saturated carbocycles. The number of hydrogen-bond donors (Lipinski definition) is 0. The standard InChI is InChI=1S/C37H73N2/c1-4-7-10-13-16-18-19-20-21-22-25-28-31-34-39-36-35-38(33-30-27-24-17-14-11-8-5-2)37(39)32-29-26-23-15-12-9-6-3/h35-36H,4-34H2,1-3H3/q+1. The van der Waals surface area contributed by atoms with E-state index in [9.17, 15) is 0 Å². The van der Waals surface area contributed by atoms with E-state index in [1.54, 1.807) is 5.82 Å².